The van der Waals surface area contributed by atoms with E-state index in [4.69, 9.17) is 9.15 Å². The molecule has 0 fully saturated rings. The monoisotopic (exact) mass is 434 g/mol. The largest absolute Gasteiger partial charge is 0.468 e. The highest BCUT2D eigenvalue weighted by Crippen LogP contribution is 2.13. The molecule has 0 saturated carbocycles. The van der Waals surface area contributed by atoms with Crippen molar-refractivity contribution in [2.24, 2.45) is 0 Å². The van der Waals surface area contributed by atoms with Crippen molar-refractivity contribution in [2.75, 3.05) is 6.61 Å². The highest BCUT2D eigenvalue weighted by atomic mass is 32.2. The molecule has 2 N–H and O–H groups in total. The van der Waals surface area contributed by atoms with Gasteiger partial charge in [0.15, 0.2) is 6.61 Å². The smallest absolute Gasteiger partial charge is 0.338 e. The minimum atomic E-state index is -3.85. The summed E-state index contributed by atoms with van der Waals surface area (Å²) in [5.41, 5.74) is 0.0249. The number of thiophene rings is 1. The summed E-state index contributed by atoms with van der Waals surface area (Å²) in [6.45, 7) is -0.129. The van der Waals surface area contributed by atoms with E-state index in [1.54, 1.807) is 12.1 Å². The van der Waals surface area contributed by atoms with E-state index < -0.39 is 28.5 Å². The average molecular weight is 434 g/mol. The maximum atomic E-state index is 12.4. The summed E-state index contributed by atoms with van der Waals surface area (Å²) in [4.78, 5) is 24.9. The standard InChI is InChI=1S/C19H18N2O6S2/c22-18(20-12-16-6-3-9-28-16)13-27-19(23)14-4-1-7-17(10-14)29(24,25)21-11-15-5-2-8-26-15/h1-10,21H,11-13H2,(H,20,22). The van der Waals surface area contributed by atoms with Crippen molar-refractivity contribution in [3.05, 3.63) is 76.4 Å². The highest BCUT2D eigenvalue weighted by molar-refractivity contribution is 7.89. The Morgan fingerprint density at radius 3 is 2.66 bits per heavy atom. The number of amides is 1. The molecule has 8 nitrogen and oxygen atoms in total. The van der Waals surface area contributed by atoms with Gasteiger partial charge in [-0.2, -0.15) is 0 Å². The number of hydrogen-bond acceptors (Lipinski definition) is 7. The lowest BCUT2D eigenvalue weighted by atomic mass is 10.2. The Morgan fingerprint density at radius 2 is 1.93 bits per heavy atom. The first kappa shape index (κ1) is 20.8. The Hall–Kier alpha value is -2.95. The van der Waals surface area contributed by atoms with Crippen LogP contribution in [0.15, 0.2) is 69.5 Å². The van der Waals surface area contributed by atoms with Crippen LogP contribution in [-0.2, 0) is 32.6 Å². The molecule has 1 amide bonds. The van der Waals surface area contributed by atoms with Crippen molar-refractivity contribution in [3.63, 3.8) is 0 Å². The predicted octanol–water partition coefficient (Wildman–Crippen LogP) is 2.29. The first-order valence-corrected chi connectivity index (χ1v) is 10.9. The van der Waals surface area contributed by atoms with Crippen LogP contribution in [0, 0.1) is 0 Å². The van der Waals surface area contributed by atoms with E-state index in [0.717, 1.165) is 4.88 Å². The van der Waals surface area contributed by atoms with E-state index >= 15 is 0 Å². The molecule has 0 bridgehead atoms. The molecule has 3 rings (SSSR count). The zero-order valence-electron chi connectivity index (χ0n) is 15.2. The molecule has 10 heteroatoms. The van der Waals surface area contributed by atoms with Crippen molar-refractivity contribution < 1.29 is 27.2 Å². The average Bonchev–Trinajstić information content (AvgIpc) is 3.43. The van der Waals surface area contributed by atoms with Crippen LogP contribution in [-0.4, -0.2) is 26.9 Å². The molecular weight excluding hydrogens is 416 g/mol. The van der Waals surface area contributed by atoms with Crippen LogP contribution in [0.25, 0.3) is 0 Å². The number of ether oxygens (including phenoxy) is 1. The molecule has 0 unspecified atom stereocenters. The number of furan rings is 1. The number of benzene rings is 1. The molecule has 0 atom stereocenters. The predicted molar refractivity (Wildman–Crippen MR) is 106 cm³/mol. The first-order valence-electron chi connectivity index (χ1n) is 8.52. The van der Waals surface area contributed by atoms with Gasteiger partial charge in [0.05, 0.1) is 29.8 Å². The SMILES string of the molecule is O=C(COC(=O)c1cccc(S(=O)(=O)NCc2ccco2)c1)NCc1cccs1. The normalized spacial score (nSPS) is 11.2. The summed E-state index contributed by atoms with van der Waals surface area (Å²) in [5.74, 6) is -0.785. The van der Waals surface area contributed by atoms with E-state index in [2.05, 4.69) is 10.0 Å². The molecular formula is C19H18N2O6S2. The number of rotatable bonds is 9. The van der Waals surface area contributed by atoms with Gasteiger partial charge in [-0.15, -0.1) is 11.3 Å². The van der Waals surface area contributed by atoms with Gasteiger partial charge in [0, 0.05) is 4.88 Å². The lowest BCUT2D eigenvalue weighted by Gasteiger charge is -2.08. The number of hydrogen-bond donors (Lipinski definition) is 2. The lowest BCUT2D eigenvalue weighted by molar-refractivity contribution is -0.124. The zero-order valence-corrected chi connectivity index (χ0v) is 16.8. The molecule has 29 heavy (non-hydrogen) atoms. The molecule has 1 aromatic carbocycles. The third-order valence-electron chi connectivity index (χ3n) is 3.77. The maximum absolute atomic E-state index is 12.4. The van der Waals surface area contributed by atoms with E-state index in [0.29, 0.717) is 12.3 Å². The molecule has 0 radical (unpaired) electrons. The van der Waals surface area contributed by atoms with Crippen molar-refractivity contribution >= 4 is 33.2 Å². The van der Waals surface area contributed by atoms with Crippen molar-refractivity contribution in [2.45, 2.75) is 18.0 Å². The van der Waals surface area contributed by atoms with Gasteiger partial charge < -0.3 is 14.5 Å². The third kappa shape index (κ3) is 6.01. The van der Waals surface area contributed by atoms with E-state index in [-0.39, 0.29) is 17.0 Å². The third-order valence-corrected chi connectivity index (χ3v) is 6.05. The summed E-state index contributed by atoms with van der Waals surface area (Å²) in [5, 5.41) is 4.53. The van der Waals surface area contributed by atoms with Crippen molar-refractivity contribution in [1.82, 2.24) is 10.0 Å². The van der Waals surface area contributed by atoms with Crippen LogP contribution in [0.4, 0.5) is 0 Å². The quantitative estimate of drug-likeness (QED) is 0.500. The van der Waals surface area contributed by atoms with Gasteiger partial charge in [0.1, 0.15) is 5.76 Å². The van der Waals surface area contributed by atoms with Gasteiger partial charge in [-0.25, -0.2) is 17.9 Å². The molecule has 0 aliphatic carbocycles. The molecule has 152 valence electrons. The molecule has 0 aliphatic heterocycles. The second-order valence-corrected chi connectivity index (χ2v) is 8.66. The molecule has 0 spiro atoms. The van der Waals surface area contributed by atoms with Crippen LogP contribution < -0.4 is 10.0 Å². The second kappa shape index (κ2) is 9.50. The molecule has 2 heterocycles. The number of carbonyl (C=O) groups excluding carboxylic acids is 2. The minimum Gasteiger partial charge on any atom is -0.468 e. The Morgan fingerprint density at radius 1 is 1.07 bits per heavy atom. The van der Waals surface area contributed by atoms with Crippen molar-refractivity contribution in [3.8, 4) is 0 Å². The fourth-order valence-corrected chi connectivity index (χ4v) is 4.00. The Kier molecular flexibility index (Phi) is 6.81. The number of nitrogens with one attached hydrogen (secondary N) is 2. The summed E-state index contributed by atoms with van der Waals surface area (Å²) in [6.07, 6.45) is 1.44. The summed E-state index contributed by atoms with van der Waals surface area (Å²) in [7, 11) is -3.85. The number of carbonyl (C=O) groups is 2. The number of sulfonamides is 1. The van der Waals surface area contributed by atoms with E-state index in [1.807, 2.05) is 17.5 Å². The summed E-state index contributed by atoms with van der Waals surface area (Å²) >= 11 is 1.50. The molecule has 0 saturated heterocycles. The van der Waals surface area contributed by atoms with Gasteiger partial charge in [-0.05, 0) is 41.8 Å². The number of esters is 1. The van der Waals surface area contributed by atoms with Gasteiger partial charge >= 0.3 is 5.97 Å². The van der Waals surface area contributed by atoms with Gasteiger partial charge in [0.25, 0.3) is 5.91 Å². The Bertz CT molecular complexity index is 1060. The zero-order chi connectivity index (χ0) is 20.7. The Balaban J connectivity index is 1.55. The first-order chi connectivity index (χ1) is 13.9. The summed E-state index contributed by atoms with van der Waals surface area (Å²) in [6, 6.07) is 12.4. The summed E-state index contributed by atoms with van der Waals surface area (Å²) < 4.78 is 37.2. The van der Waals surface area contributed by atoms with Gasteiger partial charge in [-0.3, -0.25) is 4.79 Å². The highest BCUT2D eigenvalue weighted by Gasteiger charge is 2.18. The van der Waals surface area contributed by atoms with Crippen LogP contribution in [0.1, 0.15) is 21.0 Å². The van der Waals surface area contributed by atoms with E-state index in [1.165, 1.54) is 41.9 Å². The topological polar surface area (TPSA) is 115 Å². The van der Waals surface area contributed by atoms with E-state index in [9.17, 15) is 18.0 Å². The van der Waals surface area contributed by atoms with Crippen LogP contribution in [0.5, 0.6) is 0 Å². The molecule has 0 aliphatic rings. The van der Waals surface area contributed by atoms with Crippen LogP contribution in [0.3, 0.4) is 0 Å². The maximum Gasteiger partial charge on any atom is 0.338 e. The lowest BCUT2D eigenvalue weighted by Crippen LogP contribution is -2.28. The van der Waals surface area contributed by atoms with Gasteiger partial charge in [-0.1, -0.05) is 12.1 Å². The molecule has 2 aromatic heterocycles. The molecule has 3 aromatic rings. The minimum absolute atomic E-state index is 0.0194. The fraction of sp³-hybridized carbons (Fsp3) is 0.158. The Labute approximate surface area is 171 Å². The van der Waals surface area contributed by atoms with Gasteiger partial charge in [0.2, 0.25) is 10.0 Å². The van der Waals surface area contributed by atoms with Crippen LogP contribution >= 0.6 is 11.3 Å². The fourth-order valence-electron chi connectivity index (χ4n) is 2.32. The van der Waals surface area contributed by atoms with Crippen molar-refractivity contribution in [1.29, 1.82) is 0 Å². The second-order valence-electron chi connectivity index (χ2n) is 5.86. The van der Waals surface area contributed by atoms with Crippen LogP contribution in [0.2, 0.25) is 0 Å².